The molecule has 2 aromatic carbocycles. The Labute approximate surface area is 185 Å². The largest absolute Gasteiger partial charge is 0.462 e. The monoisotopic (exact) mass is 483 g/mol. The van der Waals surface area contributed by atoms with Gasteiger partial charge in [-0.2, -0.15) is 5.10 Å². The van der Waals surface area contributed by atoms with Gasteiger partial charge < -0.3 is 10.1 Å². The van der Waals surface area contributed by atoms with Gasteiger partial charge in [0.15, 0.2) is 0 Å². The van der Waals surface area contributed by atoms with Gasteiger partial charge >= 0.3 is 5.97 Å². The van der Waals surface area contributed by atoms with E-state index in [2.05, 4.69) is 26.3 Å². The number of aromatic nitrogens is 2. The maximum Gasteiger partial charge on any atom is 0.338 e. The number of carbonyl (C=O) groups excluding carboxylic acids is 2. The number of benzene rings is 2. The molecule has 0 saturated heterocycles. The number of thiophene rings is 1. The third kappa shape index (κ3) is 4.01. The Bertz CT molecular complexity index is 1230. The van der Waals surface area contributed by atoms with Crippen molar-refractivity contribution in [2.24, 2.45) is 0 Å². The second-order valence-corrected chi connectivity index (χ2v) is 8.50. The minimum Gasteiger partial charge on any atom is -0.462 e. The Morgan fingerprint density at radius 1 is 1.13 bits per heavy atom. The summed E-state index contributed by atoms with van der Waals surface area (Å²) in [6, 6.07) is 16.4. The Kier molecular flexibility index (Phi) is 5.69. The van der Waals surface area contributed by atoms with Crippen LogP contribution in [0.1, 0.15) is 32.6 Å². The zero-order chi connectivity index (χ0) is 21.3. The van der Waals surface area contributed by atoms with Gasteiger partial charge in [-0.05, 0) is 68.4 Å². The van der Waals surface area contributed by atoms with Crippen LogP contribution in [0.25, 0.3) is 15.9 Å². The van der Waals surface area contributed by atoms with E-state index in [0.29, 0.717) is 22.7 Å². The molecule has 0 unspecified atom stereocenters. The molecule has 1 amide bonds. The highest BCUT2D eigenvalue weighted by Crippen LogP contribution is 2.31. The standard InChI is InChI=1S/C22H18BrN3O3S/c1-3-29-22(28)14-4-8-16(9-5-14)24-20(27)19-12-18-13(2)25-26(21(18)30-19)17-10-6-15(23)7-11-17/h4-12H,3H2,1-2H3,(H,24,27). The van der Waals surface area contributed by atoms with Crippen molar-refractivity contribution in [3.63, 3.8) is 0 Å². The summed E-state index contributed by atoms with van der Waals surface area (Å²) in [5.74, 6) is -0.588. The van der Waals surface area contributed by atoms with Gasteiger partial charge in [0, 0.05) is 15.5 Å². The van der Waals surface area contributed by atoms with Crippen LogP contribution in [0.5, 0.6) is 0 Å². The van der Waals surface area contributed by atoms with Crippen molar-refractivity contribution in [2.75, 3.05) is 11.9 Å². The van der Waals surface area contributed by atoms with E-state index < -0.39 is 0 Å². The van der Waals surface area contributed by atoms with Gasteiger partial charge in [-0.1, -0.05) is 15.9 Å². The molecular weight excluding hydrogens is 466 g/mol. The summed E-state index contributed by atoms with van der Waals surface area (Å²) < 4.78 is 7.82. The van der Waals surface area contributed by atoms with Crippen LogP contribution in [0.15, 0.2) is 59.1 Å². The number of carbonyl (C=O) groups is 2. The van der Waals surface area contributed by atoms with E-state index >= 15 is 0 Å². The lowest BCUT2D eigenvalue weighted by molar-refractivity contribution is 0.0526. The number of nitrogens with one attached hydrogen (secondary N) is 1. The van der Waals surface area contributed by atoms with Crippen molar-refractivity contribution in [2.45, 2.75) is 13.8 Å². The van der Waals surface area contributed by atoms with E-state index in [1.54, 1.807) is 31.2 Å². The first-order valence-electron chi connectivity index (χ1n) is 9.30. The first-order chi connectivity index (χ1) is 14.5. The molecule has 30 heavy (non-hydrogen) atoms. The normalized spacial score (nSPS) is 10.9. The van der Waals surface area contributed by atoms with Gasteiger partial charge in [0.2, 0.25) is 0 Å². The van der Waals surface area contributed by atoms with Crippen LogP contribution in [-0.2, 0) is 4.74 Å². The molecule has 0 bridgehead atoms. The summed E-state index contributed by atoms with van der Waals surface area (Å²) in [7, 11) is 0. The highest BCUT2D eigenvalue weighted by atomic mass is 79.9. The van der Waals surface area contributed by atoms with Crippen LogP contribution >= 0.6 is 27.3 Å². The van der Waals surface area contributed by atoms with Crippen molar-refractivity contribution >= 4 is 55.0 Å². The number of fused-ring (bicyclic) bond motifs is 1. The molecule has 4 aromatic rings. The minimum atomic E-state index is -0.382. The van der Waals surface area contributed by atoms with E-state index in [4.69, 9.17) is 4.74 Å². The fraction of sp³-hybridized carbons (Fsp3) is 0.136. The number of nitrogens with zero attached hydrogens (tertiary/aromatic N) is 2. The number of esters is 1. The molecule has 152 valence electrons. The average Bonchev–Trinajstić information content (AvgIpc) is 3.30. The van der Waals surface area contributed by atoms with Crippen LogP contribution in [0.3, 0.4) is 0 Å². The van der Waals surface area contributed by atoms with Crippen LogP contribution in [-0.4, -0.2) is 28.3 Å². The Morgan fingerprint density at radius 3 is 2.50 bits per heavy atom. The zero-order valence-corrected chi connectivity index (χ0v) is 18.7. The molecule has 0 aliphatic heterocycles. The van der Waals surface area contributed by atoms with Gasteiger partial charge in [-0.3, -0.25) is 4.79 Å². The third-order valence-electron chi connectivity index (χ3n) is 4.49. The molecule has 2 aromatic heterocycles. The van der Waals surface area contributed by atoms with Gasteiger partial charge in [-0.25, -0.2) is 9.48 Å². The van der Waals surface area contributed by atoms with E-state index in [0.717, 1.165) is 26.1 Å². The molecule has 1 N–H and O–H groups in total. The first-order valence-corrected chi connectivity index (χ1v) is 10.9. The molecule has 0 fully saturated rings. The van der Waals surface area contributed by atoms with E-state index in [1.165, 1.54) is 11.3 Å². The summed E-state index contributed by atoms with van der Waals surface area (Å²) in [5, 5.41) is 8.44. The van der Waals surface area contributed by atoms with Gasteiger partial charge in [0.1, 0.15) is 4.83 Å². The number of hydrogen-bond donors (Lipinski definition) is 1. The molecule has 0 aliphatic carbocycles. The summed E-state index contributed by atoms with van der Waals surface area (Å²) in [6.07, 6.45) is 0. The Hall–Kier alpha value is -2.97. The lowest BCUT2D eigenvalue weighted by atomic mass is 10.2. The second-order valence-electron chi connectivity index (χ2n) is 6.56. The smallest absolute Gasteiger partial charge is 0.338 e. The van der Waals surface area contributed by atoms with Gasteiger partial charge in [0.05, 0.1) is 28.4 Å². The highest BCUT2D eigenvalue weighted by molar-refractivity contribution is 9.10. The molecular formula is C22H18BrN3O3S. The highest BCUT2D eigenvalue weighted by Gasteiger charge is 2.17. The molecule has 0 atom stereocenters. The predicted molar refractivity (Wildman–Crippen MR) is 122 cm³/mol. The number of rotatable bonds is 5. The molecule has 0 radical (unpaired) electrons. The van der Waals surface area contributed by atoms with E-state index in [-0.39, 0.29) is 11.9 Å². The third-order valence-corrected chi connectivity index (χ3v) is 6.13. The van der Waals surface area contributed by atoms with Gasteiger partial charge in [-0.15, -0.1) is 11.3 Å². The molecule has 0 spiro atoms. The average molecular weight is 484 g/mol. The number of hydrogen-bond acceptors (Lipinski definition) is 5. The summed E-state index contributed by atoms with van der Waals surface area (Å²) in [6.45, 7) is 4.01. The first kappa shape index (κ1) is 20.3. The summed E-state index contributed by atoms with van der Waals surface area (Å²) in [5.41, 5.74) is 2.85. The number of ether oxygens (including phenoxy) is 1. The molecule has 0 saturated carbocycles. The SMILES string of the molecule is CCOC(=O)c1ccc(NC(=O)c2cc3c(C)nn(-c4ccc(Br)cc4)c3s2)cc1. The van der Waals surface area contributed by atoms with Crippen molar-refractivity contribution < 1.29 is 14.3 Å². The Morgan fingerprint density at radius 2 is 1.83 bits per heavy atom. The topological polar surface area (TPSA) is 73.2 Å². The van der Waals surface area contributed by atoms with Crippen molar-refractivity contribution in [1.29, 1.82) is 0 Å². The van der Waals surface area contributed by atoms with Crippen LogP contribution in [0, 0.1) is 6.92 Å². The van der Waals surface area contributed by atoms with Crippen molar-refractivity contribution in [3.05, 3.63) is 75.2 Å². The van der Waals surface area contributed by atoms with Crippen LogP contribution in [0.2, 0.25) is 0 Å². The molecule has 2 heterocycles. The number of halogens is 1. The second kappa shape index (κ2) is 8.41. The molecule has 0 aliphatic rings. The molecule has 8 heteroatoms. The fourth-order valence-corrected chi connectivity index (χ4v) is 4.36. The lowest BCUT2D eigenvalue weighted by Crippen LogP contribution is -2.10. The molecule has 4 rings (SSSR count). The zero-order valence-electron chi connectivity index (χ0n) is 16.3. The number of anilines is 1. The fourth-order valence-electron chi connectivity index (χ4n) is 3.01. The number of aryl methyl sites for hydroxylation is 1. The molecule has 6 nitrogen and oxygen atoms in total. The van der Waals surface area contributed by atoms with E-state index in [9.17, 15) is 9.59 Å². The maximum atomic E-state index is 12.8. The maximum absolute atomic E-state index is 12.8. The lowest BCUT2D eigenvalue weighted by Gasteiger charge is -2.05. The Balaban J connectivity index is 1.57. The predicted octanol–water partition coefficient (Wildman–Crippen LogP) is 5.59. The quantitative estimate of drug-likeness (QED) is 0.375. The summed E-state index contributed by atoms with van der Waals surface area (Å²) >= 11 is 4.83. The van der Waals surface area contributed by atoms with E-state index in [1.807, 2.05) is 41.9 Å². The number of amides is 1. The van der Waals surface area contributed by atoms with Crippen LogP contribution < -0.4 is 5.32 Å². The van der Waals surface area contributed by atoms with Gasteiger partial charge in [0.25, 0.3) is 5.91 Å². The summed E-state index contributed by atoms with van der Waals surface area (Å²) in [4.78, 5) is 26.0. The van der Waals surface area contributed by atoms with Crippen molar-refractivity contribution in [1.82, 2.24) is 9.78 Å². The van der Waals surface area contributed by atoms with Crippen molar-refractivity contribution in [3.8, 4) is 5.69 Å². The minimum absolute atomic E-state index is 0.207. The van der Waals surface area contributed by atoms with Crippen LogP contribution in [0.4, 0.5) is 5.69 Å².